The van der Waals surface area contributed by atoms with Crippen LogP contribution >= 0.6 is 24.0 Å². The first kappa shape index (κ1) is 23.2. The normalized spacial score (nSPS) is 10.7. The second-order valence-electron chi connectivity index (χ2n) is 5.77. The molecule has 0 bridgehead atoms. The van der Waals surface area contributed by atoms with Crippen LogP contribution in [0.1, 0.15) is 5.56 Å². The van der Waals surface area contributed by atoms with E-state index in [1.54, 1.807) is 30.8 Å². The monoisotopic (exact) mass is 442 g/mol. The molecular weight excluding hydrogens is 419 g/mol. The van der Waals surface area contributed by atoms with Gasteiger partial charge in [-0.2, -0.15) is 11.8 Å². The van der Waals surface area contributed by atoms with Gasteiger partial charge >= 0.3 is 5.97 Å². The van der Waals surface area contributed by atoms with Gasteiger partial charge in [-0.05, 0) is 25.2 Å². The van der Waals surface area contributed by atoms with Gasteiger partial charge in [0.2, 0.25) is 4.71 Å². The summed E-state index contributed by atoms with van der Waals surface area (Å²) in [6.45, 7) is 6.50. The molecule has 2 rings (SSSR count). The Morgan fingerprint density at radius 3 is 2.72 bits per heavy atom. The number of carbonyl (C=O) groups is 1. The van der Waals surface area contributed by atoms with Crippen LogP contribution in [-0.2, 0) is 14.3 Å². The fourth-order valence-electron chi connectivity index (χ4n) is 2.40. The number of fused-ring (bicyclic) bond motifs is 1. The summed E-state index contributed by atoms with van der Waals surface area (Å²) in [4.78, 5) is 10.9. The lowest BCUT2D eigenvalue weighted by molar-refractivity contribution is -0.139. The summed E-state index contributed by atoms with van der Waals surface area (Å²) in [6, 6.07) is 3.34. The topological polar surface area (TPSA) is 67.1 Å². The summed E-state index contributed by atoms with van der Waals surface area (Å²) >= 11 is 6.55. The lowest BCUT2D eigenvalue weighted by atomic mass is 10.1. The molecule has 158 valence electrons. The highest BCUT2D eigenvalue weighted by molar-refractivity contribution is 7.99. The Balaban J connectivity index is 1.78. The van der Waals surface area contributed by atoms with Crippen LogP contribution in [0.3, 0.4) is 0 Å². The van der Waals surface area contributed by atoms with E-state index in [0.717, 1.165) is 17.6 Å². The van der Waals surface area contributed by atoms with E-state index in [2.05, 4.69) is 6.58 Å². The zero-order chi connectivity index (χ0) is 21.2. The first-order valence-corrected chi connectivity index (χ1v) is 10.4. The molecular formula is C20H23FO6S2. The molecule has 2 aromatic rings. The number of thioether (sulfide) groups is 1. The zero-order valence-electron chi connectivity index (χ0n) is 16.3. The average Bonchev–Trinajstić information content (AvgIpc) is 2.73. The summed E-state index contributed by atoms with van der Waals surface area (Å²) < 4.78 is 40.5. The van der Waals surface area contributed by atoms with Crippen molar-refractivity contribution in [3.8, 4) is 11.5 Å². The summed E-state index contributed by atoms with van der Waals surface area (Å²) in [7, 11) is 1.53. The average molecular weight is 443 g/mol. The van der Waals surface area contributed by atoms with Gasteiger partial charge in [0.1, 0.15) is 12.2 Å². The fourth-order valence-corrected chi connectivity index (χ4v) is 3.28. The smallest absolute Gasteiger partial charge is 0.330 e. The summed E-state index contributed by atoms with van der Waals surface area (Å²) in [5.74, 6) is 1.51. The third kappa shape index (κ3) is 6.73. The van der Waals surface area contributed by atoms with Crippen molar-refractivity contribution < 1.29 is 32.5 Å². The van der Waals surface area contributed by atoms with E-state index in [0.29, 0.717) is 47.9 Å². The van der Waals surface area contributed by atoms with E-state index in [9.17, 15) is 9.18 Å². The van der Waals surface area contributed by atoms with Crippen LogP contribution in [0.2, 0.25) is 0 Å². The third-order valence-electron chi connectivity index (χ3n) is 3.88. The minimum atomic E-state index is -0.543. The Hall–Kier alpha value is -2.10. The van der Waals surface area contributed by atoms with E-state index >= 15 is 0 Å². The predicted molar refractivity (Wildman–Crippen MR) is 113 cm³/mol. The van der Waals surface area contributed by atoms with Crippen LogP contribution in [0.15, 0.2) is 29.2 Å². The Bertz CT molecular complexity index is 912. The summed E-state index contributed by atoms with van der Waals surface area (Å²) in [6.07, 6.45) is 1.11. The van der Waals surface area contributed by atoms with Gasteiger partial charge in [0.25, 0.3) is 0 Å². The molecule has 0 saturated heterocycles. The molecule has 0 aliphatic carbocycles. The number of hydrogen-bond acceptors (Lipinski definition) is 8. The van der Waals surface area contributed by atoms with Gasteiger partial charge in [0.05, 0.1) is 26.9 Å². The Morgan fingerprint density at radius 2 is 2.00 bits per heavy atom. The summed E-state index contributed by atoms with van der Waals surface area (Å²) in [5.41, 5.74) is 0.859. The lowest BCUT2D eigenvalue weighted by Gasteiger charge is -2.13. The zero-order valence-corrected chi connectivity index (χ0v) is 18.0. The first-order valence-electron chi connectivity index (χ1n) is 8.86. The third-order valence-corrected chi connectivity index (χ3v) is 5.05. The molecule has 0 fully saturated rings. The van der Waals surface area contributed by atoms with Crippen molar-refractivity contribution in [1.29, 1.82) is 0 Å². The largest absolute Gasteiger partial charge is 0.493 e. The van der Waals surface area contributed by atoms with Crippen LogP contribution in [-0.4, -0.2) is 51.0 Å². The molecule has 0 spiro atoms. The number of benzene rings is 1. The second kappa shape index (κ2) is 11.8. The van der Waals surface area contributed by atoms with Crippen molar-refractivity contribution in [2.24, 2.45) is 0 Å². The number of ether oxygens (including phenoxy) is 4. The highest BCUT2D eigenvalue weighted by Gasteiger charge is 2.14. The second-order valence-corrected chi connectivity index (χ2v) is 7.37. The Labute approximate surface area is 178 Å². The molecule has 6 nitrogen and oxygen atoms in total. The molecule has 0 saturated carbocycles. The molecule has 0 aliphatic heterocycles. The SMILES string of the molecule is C=CC(=O)OCCOCCSCCOc1cc2c(C)c(F)c(=S)oc2cc1OC. The number of rotatable bonds is 12. The highest BCUT2D eigenvalue weighted by atomic mass is 32.2. The number of halogens is 1. The van der Waals surface area contributed by atoms with Gasteiger partial charge in [0, 0.05) is 34.6 Å². The molecule has 29 heavy (non-hydrogen) atoms. The van der Waals surface area contributed by atoms with Crippen LogP contribution in [0, 0.1) is 17.4 Å². The predicted octanol–water partition coefficient (Wildman–Crippen LogP) is 4.48. The number of methoxy groups -OCH3 is 1. The van der Waals surface area contributed by atoms with Crippen molar-refractivity contribution in [3.05, 3.63) is 40.9 Å². The molecule has 0 unspecified atom stereocenters. The van der Waals surface area contributed by atoms with Gasteiger partial charge in [-0.1, -0.05) is 6.58 Å². The minimum Gasteiger partial charge on any atom is -0.493 e. The molecule has 0 atom stereocenters. The quantitative estimate of drug-likeness (QED) is 0.206. The van der Waals surface area contributed by atoms with Gasteiger partial charge in [-0.3, -0.25) is 0 Å². The van der Waals surface area contributed by atoms with Crippen molar-refractivity contribution in [3.63, 3.8) is 0 Å². The number of carbonyl (C=O) groups excluding carboxylic acids is 1. The first-order chi connectivity index (χ1) is 14.0. The van der Waals surface area contributed by atoms with E-state index < -0.39 is 11.8 Å². The van der Waals surface area contributed by atoms with Crippen LogP contribution in [0.25, 0.3) is 11.0 Å². The maximum absolute atomic E-state index is 14.0. The van der Waals surface area contributed by atoms with Crippen LogP contribution < -0.4 is 9.47 Å². The van der Waals surface area contributed by atoms with Crippen molar-refractivity contribution in [2.75, 3.05) is 45.0 Å². The number of esters is 1. The molecule has 1 heterocycles. The summed E-state index contributed by atoms with van der Waals surface area (Å²) in [5, 5.41) is 0.588. The van der Waals surface area contributed by atoms with Gasteiger partial charge in [-0.15, -0.1) is 0 Å². The van der Waals surface area contributed by atoms with Crippen molar-refractivity contribution >= 4 is 40.9 Å². The van der Waals surface area contributed by atoms with Crippen molar-refractivity contribution in [2.45, 2.75) is 6.92 Å². The van der Waals surface area contributed by atoms with Gasteiger partial charge in [-0.25, -0.2) is 9.18 Å². The van der Waals surface area contributed by atoms with E-state index in [4.69, 9.17) is 35.6 Å². The van der Waals surface area contributed by atoms with Crippen LogP contribution in [0.4, 0.5) is 4.39 Å². The minimum absolute atomic E-state index is 0.178. The maximum atomic E-state index is 14.0. The standard InChI is InChI=1S/C20H23FO6S2/c1-4-18(22)26-6-5-24-7-9-29-10-8-25-17-11-14-13(2)19(21)20(28)27-15(14)12-16(17)23-3/h4,11-12H,1,5-10H2,2-3H3. The number of hydrogen-bond donors (Lipinski definition) is 0. The maximum Gasteiger partial charge on any atom is 0.330 e. The highest BCUT2D eigenvalue weighted by Crippen LogP contribution is 2.35. The molecule has 1 aromatic carbocycles. The van der Waals surface area contributed by atoms with E-state index in [-0.39, 0.29) is 11.3 Å². The number of aryl methyl sites for hydroxylation is 1. The Morgan fingerprint density at radius 1 is 1.24 bits per heavy atom. The van der Waals surface area contributed by atoms with Crippen molar-refractivity contribution in [1.82, 2.24) is 0 Å². The molecule has 0 aliphatic rings. The molecule has 0 amide bonds. The van der Waals surface area contributed by atoms with Gasteiger partial charge in [0.15, 0.2) is 17.3 Å². The van der Waals surface area contributed by atoms with E-state index in [1.807, 2.05) is 0 Å². The Kier molecular flexibility index (Phi) is 9.43. The molecule has 0 N–H and O–H groups in total. The fraction of sp³-hybridized carbons (Fsp3) is 0.400. The molecule has 1 aromatic heterocycles. The molecule has 9 heteroatoms. The lowest BCUT2D eigenvalue weighted by Crippen LogP contribution is -2.10. The molecule has 0 radical (unpaired) electrons. The van der Waals surface area contributed by atoms with Crippen LogP contribution in [0.5, 0.6) is 11.5 Å². The van der Waals surface area contributed by atoms with E-state index in [1.165, 1.54) is 7.11 Å². The van der Waals surface area contributed by atoms with Gasteiger partial charge < -0.3 is 23.4 Å².